The van der Waals surface area contributed by atoms with Crippen LogP contribution in [0.15, 0.2) is 16.9 Å². The van der Waals surface area contributed by atoms with Gasteiger partial charge in [0.25, 0.3) is 5.91 Å². The molecule has 0 aromatic carbocycles. The zero-order valence-electron chi connectivity index (χ0n) is 8.78. The van der Waals surface area contributed by atoms with Crippen LogP contribution in [0.2, 0.25) is 0 Å². The van der Waals surface area contributed by atoms with Crippen LogP contribution < -0.4 is 5.32 Å². The molecule has 0 aliphatic heterocycles. The number of imidazole rings is 1. The Hall–Kier alpha value is -1.94. The molecule has 3 N–H and O–H groups in total. The van der Waals surface area contributed by atoms with Crippen molar-refractivity contribution in [3.8, 4) is 0 Å². The number of nitrogens with one attached hydrogen (secondary N) is 2. The first kappa shape index (κ1) is 12.5. The van der Waals surface area contributed by atoms with Crippen LogP contribution in [0.1, 0.15) is 10.5 Å². The van der Waals surface area contributed by atoms with Crippen molar-refractivity contribution in [2.24, 2.45) is 0 Å². The van der Waals surface area contributed by atoms with Crippen LogP contribution in [0.4, 0.5) is 5.13 Å². The third kappa shape index (κ3) is 3.28. The molecule has 94 valence electrons. The normalized spacial score (nSPS) is 10.2. The third-order valence-electron chi connectivity index (χ3n) is 1.69. The number of carbonyl (C=O) groups is 2. The van der Waals surface area contributed by atoms with E-state index in [9.17, 15) is 9.59 Å². The van der Waals surface area contributed by atoms with E-state index in [1.807, 2.05) is 0 Å². The van der Waals surface area contributed by atoms with E-state index in [0.29, 0.717) is 15.2 Å². The van der Waals surface area contributed by atoms with Gasteiger partial charge in [0.2, 0.25) is 5.13 Å². The van der Waals surface area contributed by atoms with E-state index in [0.717, 1.165) is 23.1 Å². The van der Waals surface area contributed by atoms with E-state index in [1.165, 1.54) is 12.5 Å². The predicted octanol–water partition coefficient (Wildman–Crippen LogP) is 0.690. The van der Waals surface area contributed by atoms with Gasteiger partial charge in [-0.3, -0.25) is 14.9 Å². The minimum atomic E-state index is -0.932. The lowest BCUT2D eigenvalue weighted by Gasteiger charge is -1.96. The Labute approximate surface area is 109 Å². The number of aromatic nitrogens is 4. The van der Waals surface area contributed by atoms with Crippen molar-refractivity contribution in [1.29, 1.82) is 0 Å². The first-order valence-corrected chi connectivity index (χ1v) is 6.43. The van der Waals surface area contributed by atoms with Gasteiger partial charge in [0, 0.05) is 0 Å². The van der Waals surface area contributed by atoms with Gasteiger partial charge >= 0.3 is 5.97 Å². The standard InChI is InChI=1S/C8H7N5O3S2/c14-5(15)2-17-8-13-12-7(18-8)11-6(16)4-1-9-3-10-4/h1,3H,2H2,(H,9,10)(H,14,15)(H,11,12,16). The van der Waals surface area contributed by atoms with E-state index in [2.05, 4.69) is 25.5 Å². The second kappa shape index (κ2) is 5.60. The average Bonchev–Trinajstić information content (AvgIpc) is 2.97. The maximum Gasteiger partial charge on any atom is 0.313 e. The average molecular weight is 285 g/mol. The lowest BCUT2D eigenvalue weighted by atomic mass is 10.4. The van der Waals surface area contributed by atoms with E-state index in [1.54, 1.807) is 0 Å². The highest BCUT2D eigenvalue weighted by molar-refractivity contribution is 8.01. The summed E-state index contributed by atoms with van der Waals surface area (Å²) in [4.78, 5) is 28.3. The lowest BCUT2D eigenvalue weighted by molar-refractivity contribution is -0.133. The number of H-pyrrole nitrogens is 1. The van der Waals surface area contributed by atoms with Crippen molar-refractivity contribution < 1.29 is 14.7 Å². The molecule has 0 unspecified atom stereocenters. The zero-order valence-corrected chi connectivity index (χ0v) is 10.4. The molecule has 0 aliphatic rings. The molecule has 8 nitrogen and oxygen atoms in total. The second-order valence-electron chi connectivity index (χ2n) is 2.97. The Kier molecular flexibility index (Phi) is 3.89. The van der Waals surface area contributed by atoms with E-state index < -0.39 is 5.97 Å². The second-order valence-corrected chi connectivity index (χ2v) is 5.17. The Morgan fingerprint density at radius 3 is 3.00 bits per heavy atom. The van der Waals surface area contributed by atoms with Gasteiger partial charge in [-0.2, -0.15) is 0 Å². The molecule has 0 bridgehead atoms. The maximum atomic E-state index is 11.6. The number of aromatic amines is 1. The maximum absolute atomic E-state index is 11.6. The highest BCUT2D eigenvalue weighted by atomic mass is 32.2. The fraction of sp³-hybridized carbons (Fsp3) is 0.125. The molecular formula is C8H7N5O3S2. The summed E-state index contributed by atoms with van der Waals surface area (Å²) in [5.74, 6) is -1.40. The van der Waals surface area contributed by atoms with Crippen LogP contribution in [0.25, 0.3) is 0 Å². The van der Waals surface area contributed by atoms with Crippen LogP contribution in [0, 0.1) is 0 Å². The topological polar surface area (TPSA) is 121 Å². The molecule has 1 amide bonds. The van der Waals surface area contributed by atoms with Crippen molar-refractivity contribution in [1.82, 2.24) is 20.2 Å². The fourth-order valence-electron chi connectivity index (χ4n) is 0.987. The molecule has 0 saturated heterocycles. The van der Waals surface area contributed by atoms with Crippen LogP contribution in [0.5, 0.6) is 0 Å². The number of hydrogen-bond acceptors (Lipinski definition) is 7. The van der Waals surface area contributed by atoms with E-state index in [-0.39, 0.29) is 11.7 Å². The number of aliphatic carboxylic acids is 1. The van der Waals surface area contributed by atoms with Crippen LogP contribution in [-0.4, -0.2) is 42.9 Å². The number of amides is 1. The molecule has 0 aliphatic carbocycles. The summed E-state index contributed by atoms with van der Waals surface area (Å²) in [5, 5.41) is 18.8. The monoisotopic (exact) mass is 285 g/mol. The first-order chi connectivity index (χ1) is 8.65. The summed E-state index contributed by atoms with van der Waals surface area (Å²) in [7, 11) is 0. The predicted molar refractivity (Wildman–Crippen MR) is 64.8 cm³/mol. The summed E-state index contributed by atoms with van der Waals surface area (Å²) in [6.07, 6.45) is 2.78. The summed E-state index contributed by atoms with van der Waals surface area (Å²) in [6, 6.07) is 0. The Balaban J connectivity index is 1.94. The van der Waals surface area contributed by atoms with E-state index in [4.69, 9.17) is 5.11 Å². The van der Waals surface area contributed by atoms with Crippen LogP contribution in [-0.2, 0) is 4.79 Å². The van der Waals surface area contributed by atoms with Crippen LogP contribution >= 0.6 is 23.1 Å². The largest absolute Gasteiger partial charge is 0.481 e. The van der Waals surface area contributed by atoms with Crippen molar-refractivity contribution in [2.45, 2.75) is 4.34 Å². The molecule has 0 fully saturated rings. The number of hydrogen-bond donors (Lipinski definition) is 3. The molecule has 10 heteroatoms. The molecule has 2 aromatic rings. The number of thioether (sulfide) groups is 1. The molecule has 0 spiro atoms. The minimum absolute atomic E-state index is 0.0941. The zero-order chi connectivity index (χ0) is 13.0. The van der Waals surface area contributed by atoms with Gasteiger partial charge < -0.3 is 10.1 Å². The van der Waals surface area contributed by atoms with Gasteiger partial charge in [0.1, 0.15) is 5.69 Å². The van der Waals surface area contributed by atoms with Gasteiger partial charge in [-0.25, -0.2) is 4.98 Å². The summed E-state index contributed by atoms with van der Waals surface area (Å²) in [6.45, 7) is 0. The van der Waals surface area contributed by atoms with Crippen molar-refractivity contribution in [3.05, 3.63) is 18.2 Å². The molecule has 0 atom stereocenters. The Bertz CT molecular complexity index is 553. The van der Waals surface area contributed by atoms with Crippen LogP contribution in [0.3, 0.4) is 0 Å². The molecular weight excluding hydrogens is 278 g/mol. The number of carboxylic acids is 1. The quantitative estimate of drug-likeness (QED) is 0.546. The van der Waals surface area contributed by atoms with Crippen molar-refractivity contribution in [2.75, 3.05) is 11.1 Å². The SMILES string of the molecule is O=C(O)CSc1nnc(NC(=O)c2cnc[nH]2)s1. The van der Waals surface area contributed by atoms with Gasteiger partial charge in [-0.1, -0.05) is 23.1 Å². The highest BCUT2D eigenvalue weighted by Gasteiger charge is 2.12. The van der Waals surface area contributed by atoms with Gasteiger partial charge in [0.15, 0.2) is 4.34 Å². The summed E-state index contributed by atoms with van der Waals surface area (Å²) < 4.78 is 0.484. The Morgan fingerprint density at radius 1 is 1.50 bits per heavy atom. The van der Waals surface area contributed by atoms with Gasteiger partial charge in [0.05, 0.1) is 18.3 Å². The molecule has 18 heavy (non-hydrogen) atoms. The third-order valence-corrected chi connectivity index (χ3v) is 3.65. The van der Waals surface area contributed by atoms with E-state index >= 15 is 0 Å². The highest BCUT2D eigenvalue weighted by Crippen LogP contribution is 2.25. The molecule has 0 saturated carbocycles. The van der Waals surface area contributed by atoms with Gasteiger partial charge in [-0.15, -0.1) is 10.2 Å². The number of rotatable bonds is 5. The molecule has 2 heterocycles. The minimum Gasteiger partial charge on any atom is -0.481 e. The number of nitrogens with zero attached hydrogens (tertiary/aromatic N) is 3. The van der Waals surface area contributed by atoms with Gasteiger partial charge in [-0.05, 0) is 0 Å². The number of anilines is 1. The molecule has 2 rings (SSSR count). The smallest absolute Gasteiger partial charge is 0.313 e. The van der Waals surface area contributed by atoms with Crippen molar-refractivity contribution >= 4 is 40.1 Å². The molecule has 0 radical (unpaired) electrons. The number of carboxylic acid groups (broad SMARTS) is 1. The van der Waals surface area contributed by atoms with Crippen molar-refractivity contribution in [3.63, 3.8) is 0 Å². The Morgan fingerprint density at radius 2 is 2.33 bits per heavy atom. The molecule has 2 aromatic heterocycles. The first-order valence-electron chi connectivity index (χ1n) is 4.63. The summed E-state index contributed by atoms with van der Waals surface area (Å²) >= 11 is 2.16. The lowest BCUT2D eigenvalue weighted by Crippen LogP contribution is -2.11. The summed E-state index contributed by atoms with van der Waals surface area (Å²) in [5.41, 5.74) is 0.310. The fourth-order valence-corrected chi connectivity index (χ4v) is 2.45. The number of carbonyl (C=O) groups excluding carboxylic acids is 1.